The highest BCUT2D eigenvalue weighted by atomic mass is 19.4. The molecule has 5 rings (SSSR count). The van der Waals surface area contributed by atoms with Crippen LogP contribution in [0.15, 0.2) is 72.8 Å². The van der Waals surface area contributed by atoms with Crippen molar-refractivity contribution in [2.75, 3.05) is 0 Å². The first kappa shape index (κ1) is 30.7. The van der Waals surface area contributed by atoms with Crippen molar-refractivity contribution >= 4 is 21.5 Å². The molecule has 0 atom stereocenters. The van der Waals surface area contributed by atoms with Crippen molar-refractivity contribution in [1.29, 1.82) is 0 Å². The van der Waals surface area contributed by atoms with E-state index in [1.54, 1.807) is 0 Å². The zero-order valence-corrected chi connectivity index (χ0v) is 23.6. The Bertz CT molecular complexity index is 2000. The second-order valence-electron chi connectivity index (χ2n) is 10.5. The van der Waals surface area contributed by atoms with Gasteiger partial charge in [0.05, 0.1) is 10.9 Å². The van der Waals surface area contributed by atoms with Crippen LogP contribution in [-0.2, 0) is 6.42 Å². The first-order valence-electron chi connectivity index (χ1n) is 14.1. The smallest absolute Gasteiger partial charge is 0.206 e. The Morgan fingerprint density at radius 2 is 1.32 bits per heavy atom. The summed E-state index contributed by atoms with van der Waals surface area (Å²) >= 11 is 0. The fourth-order valence-electron chi connectivity index (χ4n) is 5.07. The molecule has 0 heterocycles. The van der Waals surface area contributed by atoms with E-state index in [1.165, 1.54) is 48.9 Å². The fourth-order valence-corrected chi connectivity index (χ4v) is 5.07. The van der Waals surface area contributed by atoms with Gasteiger partial charge in [-0.05, 0) is 82.6 Å². The van der Waals surface area contributed by atoms with Gasteiger partial charge in [-0.1, -0.05) is 74.3 Å². The highest BCUT2D eigenvalue weighted by molar-refractivity contribution is 5.90. The van der Waals surface area contributed by atoms with Crippen LogP contribution < -0.4 is 0 Å². The lowest BCUT2D eigenvalue weighted by atomic mass is 9.97. The van der Waals surface area contributed by atoms with E-state index in [9.17, 15) is 26.3 Å². The van der Waals surface area contributed by atoms with Crippen LogP contribution in [0.4, 0.5) is 30.7 Å². The van der Waals surface area contributed by atoms with Crippen LogP contribution in [-0.4, -0.2) is 6.18 Å². The highest BCUT2D eigenvalue weighted by Crippen LogP contribution is 2.33. The number of aryl methyl sites for hydroxylation is 1. The minimum Gasteiger partial charge on any atom is -0.206 e. The summed E-state index contributed by atoms with van der Waals surface area (Å²) in [6.45, 7) is 2.19. The summed E-state index contributed by atoms with van der Waals surface area (Å²) in [6, 6.07) is 19.0. The van der Waals surface area contributed by atoms with Crippen LogP contribution in [0.1, 0.15) is 54.9 Å². The van der Waals surface area contributed by atoms with Crippen LogP contribution in [0.3, 0.4) is 0 Å². The molecule has 0 unspecified atom stereocenters. The Morgan fingerprint density at radius 1 is 0.614 bits per heavy atom. The number of alkyl halides is 3. The van der Waals surface area contributed by atoms with Gasteiger partial charge in [0.1, 0.15) is 17.5 Å². The molecular formula is C37H25F7. The summed E-state index contributed by atoms with van der Waals surface area (Å²) in [4.78, 5) is 0. The molecule has 0 bridgehead atoms. The summed E-state index contributed by atoms with van der Waals surface area (Å²) < 4.78 is 96.6. The van der Waals surface area contributed by atoms with E-state index in [1.807, 2.05) is 18.2 Å². The van der Waals surface area contributed by atoms with Crippen LogP contribution in [0.5, 0.6) is 0 Å². The summed E-state index contributed by atoms with van der Waals surface area (Å²) in [5.74, 6) is 3.21. The molecule has 0 radical (unpaired) electrons. The van der Waals surface area contributed by atoms with Crippen molar-refractivity contribution in [3.8, 4) is 34.8 Å². The van der Waals surface area contributed by atoms with E-state index >= 15 is 4.39 Å². The Labute approximate surface area is 250 Å². The van der Waals surface area contributed by atoms with E-state index in [0.717, 1.165) is 47.2 Å². The predicted octanol–water partition coefficient (Wildman–Crippen LogP) is 10.7. The van der Waals surface area contributed by atoms with Crippen LogP contribution in [0, 0.1) is 47.0 Å². The van der Waals surface area contributed by atoms with Gasteiger partial charge in [0.2, 0.25) is 0 Å². The average Bonchev–Trinajstić information content (AvgIpc) is 2.97. The van der Waals surface area contributed by atoms with Crippen LogP contribution in [0.25, 0.3) is 32.7 Å². The monoisotopic (exact) mass is 602 g/mol. The second kappa shape index (κ2) is 12.9. The lowest BCUT2D eigenvalue weighted by Crippen LogP contribution is -2.03. The van der Waals surface area contributed by atoms with Crippen molar-refractivity contribution in [1.82, 2.24) is 0 Å². The molecule has 0 aliphatic rings. The molecule has 44 heavy (non-hydrogen) atoms. The molecule has 0 nitrogen and oxygen atoms in total. The van der Waals surface area contributed by atoms with Gasteiger partial charge in [-0.2, -0.15) is 13.2 Å². The summed E-state index contributed by atoms with van der Waals surface area (Å²) in [5.41, 5.74) is 1.14. The van der Waals surface area contributed by atoms with Gasteiger partial charge in [-0.15, -0.1) is 0 Å². The molecule has 0 saturated carbocycles. The molecule has 0 aromatic heterocycles. The summed E-state index contributed by atoms with van der Waals surface area (Å²) in [7, 11) is 0. The van der Waals surface area contributed by atoms with E-state index in [2.05, 4.69) is 37.0 Å². The Morgan fingerprint density at radius 3 is 2.05 bits per heavy atom. The largest absolute Gasteiger partial charge is 0.458 e. The third-order valence-corrected chi connectivity index (χ3v) is 7.26. The molecule has 5 aromatic carbocycles. The number of halogens is 7. The molecule has 0 N–H and O–H groups in total. The number of benzene rings is 5. The molecule has 0 spiro atoms. The number of rotatable bonds is 6. The molecular weight excluding hydrogens is 577 g/mol. The second-order valence-corrected chi connectivity index (χ2v) is 10.5. The standard InChI is InChI=1S/C37H25F7/c1-2-3-4-5-6-23-9-12-27-18-24(10-13-26(27)17-23)7-8-25-11-14-30(32(38)19-25)28-20-29-22-33(39)31(15-16-37(42,43)44)36(41)35(29)34(40)21-28/h9-14,17-22H,2-6H2,1H3. The van der Waals surface area contributed by atoms with E-state index in [0.29, 0.717) is 11.6 Å². The minimum absolute atomic E-state index is 0.0146. The van der Waals surface area contributed by atoms with Gasteiger partial charge in [0.15, 0.2) is 5.82 Å². The molecule has 7 heteroatoms. The SMILES string of the molecule is CCCCCCc1ccc2cc(C#Cc3ccc(-c4cc(F)c5c(F)c(C#CC(F)(F)F)c(F)cc5c4)c(F)c3)ccc2c1. The van der Waals surface area contributed by atoms with E-state index in [4.69, 9.17) is 0 Å². The Hall–Kier alpha value is -4.75. The highest BCUT2D eigenvalue weighted by Gasteiger charge is 2.24. The van der Waals surface area contributed by atoms with Crippen molar-refractivity contribution < 1.29 is 30.7 Å². The van der Waals surface area contributed by atoms with Gasteiger partial charge < -0.3 is 0 Å². The Balaban J connectivity index is 1.39. The number of fused-ring (bicyclic) bond motifs is 2. The lowest BCUT2D eigenvalue weighted by Gasteiger charge is -2.10. The normalized spacial score (nSPS) is 11.3. The fraction of sp³-hybridized carbons (Fsp3) is 0.189. The molecule has 0 aliphatic carbocycles. The molecule has 222 valence electrons. The molecule has 0 amide bonds. The third kappa shape index (κ3) is 7.06. The van der Waals surface area contributed by atoms with Gasteiger partial charge in [0, 0.05) is 22.6 Å². The van der Waals surface area contributed by atoms with Crippen LogP contribution in [0.2, 0.25) is 0 Å². The van der Waals surface area contributed by atoms with E-state index < -0.39 is 40.4 Å². The quantitative estimate of drug-likeness (QED) is 0.103. The number of hydrogen-bond acceptors (Lipinski definition) is 0. The maximum atomic E-state index is 15.1. The zero-order chi connectivity index (χ0) is 31.4. The number of hydrogen-bond donors (Lipinski definition) is 0. The van der Waals surface area contributed by atoms with Crippen molar-refractivity contribution in [3.63, 3.8) is 0 Å². The maximum Gasteiger partial charge on any atom is 0.458 e. The van der Waals surface area contributed by atoms with Gasteiger partial charge in [-0.25, -0.2) is 17.6 Å². The molecule has 0 aliphatic heterocycles. The third-order valence-electron chi connectivity index (χ3n) is 7.26. The molecule has 0 fully saturated rings. The maximum absolute atomic E-state index is 15.1. The molecule has 0 saturated heterocycles. The van der Waals surface area contributed by atoms with Crippen molar-refractivity contribution in [2.24, 2.45) is 0 Å². The van der Waals surface area contributed by atoms with Crippen molar-refractivity contribution in [3.05, 3.63) is 118 Å². The van der Waals surface area contributed by atoms with Crippen molar-refractivity contribution in [2.45, 2.75) is 45.2 Å². The van der Waals surface area contributed by atoms with Gasteiger partial charge >= 0.3 is 6.18 Å². The van der Waals surface area contributed by atoms with Gasteiger partial charge in [0.25, 0.3) is 0 Å². The topological polar surface area (TPSA) is 0 Å². The molecule has 5 aromatic rings. The Kier molecular flexibility index (Phi) is 8.97. The van der Waals surface area contributed by atoms with Crippen LogP contribution >= 0.6 is 0 Å². The summed E-state index contributed by atoms with van der Waals surface area (Å²) in [5, 5.41) is 1.12. The first-order valence-corrected chi connectivity index (χ1v) is 14.1. The van der Waals surface area contributed by atoms with Gasteiger partial charge in [-0.3, -0.25) is 0 Å². The zero-order valence-electron chi connectivity index (χ0n) is 23.6. The summed E-state index contributed by atoms with van der Waals surface area (Å²) in [6.07, 6.45) is 0.875. The van der Waals surface area contributed by atoms with E-state index in [-0.39, 0.29) is 16.5 Å². The number of unbranched alkanes of at least 4 members (excludes halogenated alkanes) is 3. The first-order chi connectivity index (χ1) is 21.0. The predicted molar refractivity (Wildman–Crippen MR) is 160 cm³/mol. The minimum atomic E-state index is -4.99. The average molecular weight is 603 g/mol. The lowest BCUT2D eigenvalue weighted by molar-refractivity contribution is -0.0696.